The number of hydrogen-bond donors (Lipinski definition) is 0. The molecule has 0 aromatic carbocycles. The molecule has 1 rings (SSSR count). The van der Waals surface area contributed by atoms with Crippen molar-refractivity contribution < 1.29 is 18.7 Å². The van der Waals surface area contributed by atoms with Gasteiger partial charge in [0.2, 0.25) is 0 Å². The monoisotopic (exact) mass is 283 g/mol. The predicted octanol–water partition coefficient (Wildman–Crippen LogP) is 1.23. The summed E-state index contributed by atoms with van der Waals surface area (Å²) in [6, 6.07) is 3.59. The van der Waals surface area contributed by atoms with Crippen LogP contribution in [0, 0.1) is 11.3 Å². The Hall–Kier alpha value is -1.94. The van der Waals surface area contributed by atoms with Gasteiger partial charge < -0.3 is 9.47 Å². The van der Waals surface area contributed by atoms with Crippen LogP contribution in [0.5, 0.6) is 0 Å². The Balaban J connectivity index is 2.86. The summed E-state index contributed by atoms with van der Waals surface area (Å²) in [5.74, 6) is -0.904. The molecule has 7 heteroatoms. The van der Waals surface area contributed by atoms with Crippen LogP contribution < -0.4 is 0 Å². The van der Waals surface area contributed by atoms with Crippen molar-refractivity contribution >= 4 is 5.97 Å². The van der Waals surface area contributed by atoms with Crippen molar-refractivity contribution in [2.75, 3.05) is 20.4 Å². The summed E-state index contributed by atoms with van der Waals surface area (Å²) in [7, 11) is 1.57. The zero-order chi connectivity index (χ0) is 15.2. The van der Waals surface area contributed by atoms with E-state index in [1.165, 1.54) is 0 Å². The van der Waals surface area contributed by atoms with E-state index in [4.69, 9.17) is 14.7 Å². The van der Waals surface area contributed by atoms with Gasteiger partial charge in [0.05, 0.1) is 13.2 Å². The van der Waals surface area contributed by atoms with Crippen molar-refractivity contribution in [2.24, 2.45) is 0 Å². The number of carbonyl (C=O) groups is 1. The number of alkyl halides is 1. The van der Waals surface area contributed by atoms with Crippen molar-refractivity contribution in [1.82, 2.24) is 9.78 Å². The molecule has 0 aliphatic carbocycles. The maximum absolute atomic E-state index is 12.2. The van der Waals surface area contributed by atoms with Gasteiger partial charge in [0.1, 0.15) is 11.7 Å². The summed E-state index contributed by atoms with van der Waals surface area (Å²) in [6.45, 7) is 3.14. The highest BCUT2D eigenvalue weighted by molar-refractivity contribution is 5.71. The number of ether oxygens (including phenoxy) is 2. The van der Waals surface area contributed by atoms with Gasteiger partial charge in [0.25, 0.3) is 0 Å². The molecule has 1 aromatic rings. The molecule has 0 spiro atoms. The van der Waals surface area contributed by atoms with Gasteiger partial charge in [-0.2, -0.15) is 10.4 Å². The van der Waals surface area contributed by atoms with Crippen LogP contribution in [0.2, 0.25) is 0 Å². The SMILES string of the molecule is COCCn1nc(C#N)cc1CC(C)(C)OC(=O)CF. The molecule has 0 radical (unpaired) electrons. The number of rotatable bonds is 7. The zero-order valence-corrected chi connectivity index (χ0v) is 11.9. The largest absolute Gasteiger partial charge is 0.457 e. The molecule has 0 saturated heterocycles. The lowest BCUT2D eigenvalue weighted by Crippen LogP contribution is -2.32. The van der Waals surface area contributed by atoms with E-state index in [-0.39, 0.29) is 5.69 Å². The van der Waals surface area contributed by atoms with E-state index in [9.17, 15) is 9.18 Å². The van der Waals surface area contributed by atoms with E-state index in [2.05, 4.69) is 5.10 Å². The van der Waals surface area contributed by atoms with E-state index in [1.54, 1.807) is 31.7 Å². The zero-order valence-electron chi connectivity index (χ0n) is 11.9. The average molecular weight is 283 g/mol. The molecule has 0 fully saturated rings. The third-order valence-corrected chi connectivity index (χ3v) is 2.59. The van der Waals surface area contributed by atoms with Crippen LogP contribution in [0.3, 0.4) is 0 Å². The Labute approximate surface area is 117 Å². The summed E-state index contributed by atoms with van der Waals surface area (Å²) in [6.07, 6.45) is 0.330. The second-order valence-corrected chi connectivity index (χ2v) is 4.89. The summed E-state index contributed by atoms with van der Waals surface area (Å²) in [5.41, 5.74) is 0.139. The number of nitrogens with zero attached hydrogens (tertiary/aromatic N) is 3. The first-order valence-corrected chi connectivity index (χ1v) is 6.15. The van der Waals surface area contributed by atoms with Gasteiger partial charge in [0.15, 0.2) is 12.4 Å². The van der Waals surface area contributed by atoms with E-state index in [0.717, 1.165) is 5.69 Å². The molecule has 20 heavy (non-hydrogen) atoms. The van der Waals surface area contributed by atoms with Gasteiger partial charge in [-0.15, -0.1) is 0 Å². The normalized spacial score (nSPS) is 11.2. The lowest BCUT2D eigenvalue weighted by atomic mass is 10.0. The van der Waals surface area contributed by atoms with Gasteiger partial charge >= 0.3 is 5.97 Å². The Kier molecular flexibility index (Phi) is 5.65. The van der Waals surface area contributed by atoms with E-state index < -0.39 is 18.2 Å². The minimum Gasteiger partial charge on any atom is -0.457 e. The number of nitriles is 1. The maximum atomic E-state index is 12.2. The van der Waals surface area contributed by atoms with Crippen molar-refractivity contribution in [3.05, 3.63) is 17.5 Å². The van der Waals surface area contributed by atoms with Crippen LogP contribution >= 0.6 is 0 Å². The highest BCUT2D eigenvalue weighted by Crippen LogP contribution is 2.18. The predicted molar refractivity (Wildman–Crippen MR) is 68.7 cm³/mol. The van der Waals surface area contributed by atoms with Crippen LogP contribution in [0.1, 0.15) is 25.2 Å². The first-order valence-electron chi connectivity index (χ1n) is 6.15. The van der Waals surface area contributed by atoms with Crippen LogP contribution in [0.25, 0.3) is 0 Å². The van der Waals surface area contributed by atoms with Crippen molar-refractivity contribution in [3.63, 3.8) is 0 Å². The Bertz CT molecular complexity index is 505. The summed E-state index contributed by atoms with van der Waals surface area (Å²) in [4.78, 5) is 11.0. The Morgan fingerprint density at radius 3 is 2.85 bits per heavy atom. The van der Waals surface area contributed by atoms with E-state index in [1.807, 2.05) is 6.07 Å². The minimum absolute atomic E-state index is 0.281. The number of methoxy groups -OCH3 is 1. The molecule has 0 aliphatic rings. The smallest absolute Gasteiger partial charge is 0.338 e. The van der Waals surface area contributed by atoms with Crippen molar-refractivity contribution in [2.45, 2.75) is 32.4 Å². The van der Waals surface area contributed by atoms with Gasteiger partial charge in [-0.05, 0) is 19.9 Å². The second kappa shape index (κ2) is 7.01. The number of aromatic nitrogens is 2. The molecule has 6 nitrogen and oxygen atoms in total. The Morgan fingerprint density at radius 1 is 1.60 bits per heavy atom. The first-order chi connectivity index (χ1) is 9.41. The van der Waals surface area contributed by atoms with Gasteiger partial charge in [-0.1, -0.05) is 0 Å². The van der Waals surface area contributed by atoms with Gasteiger partial charge in [-0.3, -0.25) is 4.68 Å². The first kappa shape index (κ1) is 16.1. The highest BCUT2D eigenvalue weighted by atomic mass is 19.1. The van der Waals surface area contributed by atoms with Crippen LogP contribution in [0.15, 0.2) is 6.07 Å². The summed E-state index contributed by atoms with van der Waals surface area (Å²) in [5, 5.41) is 13.0. The molecule has 0 atom stereocenters. The Morgan fingerprint density at radius 2 is 2.30 bits per heavy atom. The summed E-state index contributed by atoms with van der Waals surface area (Å²) < 4.78 is 23.8. The lowest BCUT2D eigenvalue weighted by Gasteiger charge is -2.24. The topological polar surface area (TPSA) is 77.1 Å². The molecule has 0 aliphatic heterocycles. The fourth-order valence-corrected chi connectivity index (χ4v) is 1.83. The number of halogens is 1. The number of hydrogen-bond acceptors (Lipinski definition) is 5. The molecule has 0 bridgehead atoms. The van der Waals surface area contributed by atoms with E-state index in [0.29, 0.717) is 19.6 Å². The molecule has 0 N–H and O–H groups in total. The standard InChI is InChI=1S/C13H18FN3O3/c1-13(2,20-12(18)8-14)7-11-6-10(9-15)16-17(11)4-5-19-3/h6H,4-5,7-8H2,1-3H3. The molecule has 1 heterocycles. The van der Waals surface area contributed by atoms with Crippen LogP contribution in [-0.4, -0.2) is 41.7 Å². The quantitative estimate of drug-likeness (QED) is 0.703. The highest BCUT2D eigenvalue weighted by Gasteiger charge is 2.25. The molecule has 0 saturated carbocycles. The molecule has 0 amide bonds. The fourth-order valence-electron chi connectivity index (χ4n) is 1.83. The number of carbonyl (C=O) groups excluding carboxylic acids is 1. The second-order valence-electron chi connectivity index (χ2n) is 4.89. The molecular weight excluding hydrogens is 265 g/mol. The molecule has 110 valence electrons. The molecule has 1 aromatic heterocycles. The number of esters is 1. The maximum Gasteiger partial charge on any atom is 0.338 e. The van der Waals surface area contributed by atoms with Crippen LogP contribution in [-0.2, 0) is 27.2 Å². The van der Waals surface area contributed by atoms with Crippen molar-refractivity contribution in [3.8, 4) is 6.07 Å². The lowest BCUT2D eigenvalue weighted by molar-refractivity contribution is -0.157. The van der Waals surface area contributed by atoms with Gasteiger partial charge in [-0.25, -0.2) is 9.18 Å². The van der Waals surface area contributed by atoms with Crippen molar-refractivity contribution in [1.29, 1.82) is 5.26 Å². The van der Waals surface area contributed by atoms with Crippen LogP contribution in [0.4, 0.5) is 4.39 Å². The molecular formula is C13H18FN3O3. The molecule has 0 unspecified atom stereocenters. The third kappa shape index (κ3) is 4.63. The van der Waals surface area contributed by atoms with E-state index >= 15 is 0 Å². The average Bonchev–Trinajstić information content (AvgIpc) is 2.77. The fraction of sp³-hybridized carbons (Fsp3) is 0.615. The minimum atomic E-state index is -1.16. The third-order valence-electron chi connectivity index (χ3n) is 2.59. The summed E-state index contributed by atoms with van der Waals surface area (Å²) >= 11 is 0. The van der Waals surface area contributed by atoms with Gasteiger partial charge in [0, 0.05) is 19.2 Å².